The summed E-state index contributed by atoms with van der Waals surface area (Å²) in [6, 6.07) is 81.8. The predicted molar refractivity (Wildman–Crippen MR) is 281 cm³/mol. The van der Waals surface area contributed by atoms with Crippen molar-refractivity contribution in [2.24, 2.45) is 0 Å². The smallest absolute Gasteiger partial charge is 0.252 e. The zero-order valence-corrected chi connectivity index (χ0v) is 36.2. The molecule has 0 amide bonds. The highest BCUT2D eigenvalue weighted by atomic mass is 16.3. The summed E-state index contributed by atoms with van der Waals surface area (Å²) in [5.41, 5.74) is 18.6. The molecular weight excluding hydrogens is 816 g/mol. The van der Waals surface area contributed by atoms with Gasteiger partial charge >= 0.3 is 0 Å². The molecule has 0 saturated heterocycles. The lowest BCUT2D eigenvalue weighted by Gasteiger charge is -2.45. The van der Waals surface area contributed by atoms with Crippen LogP contribution in [-0.2, 0) is 0 Å². The third kappa shape index (κ3) is 5.19. The molecule has 15 rings (SSSR count). The van der Waals surface area contributed by atoms with Crippen LogP contribution in [0.4, 0.5) is 34.1 Å². The van der Waals surface area contributed by atoms with Crippen LogP contribution in [0.15, 0.2) is 233 Å². The van der Waals surface area contributed by atoms with Gasteiger partial charge in [0.05, 0.1) is 11.4 Å². The van der Waals surface area contributed by atoms with Crippen molar-refractivity contribution in [3.8, 4) is 22.3 Å². The Morgan fingerprint density at radius 3 is 1.19 bits per heavy atom. The molecule has 0 bridgehead atoms. The quantitative estimate of drug-likeness (QED) is 0.165. The number of fused-ring (bicyclic) bond motifs is 12. The second-order valence-electron chi connectivity index (χ2n) is 17.9. The highest BCUT2D eigenvalue weighted by Gasteiger charge is 2.45. The SMILES string of the molecule is c1ccc(-c2ccc3ccccc3c2N2c3cc4oc5ccccc5c4cc3B3c4cc5c(cc4N(c4c(-c6ccccc6)ccc6ccccc46)c4cccc2c43)oc2ccccc25)cc1. The number of anilines is 6. The number of hydrogen-bond donors (Lipinski definition) is 0. The number of rotatable bonds is 4. The summed E-state index contributed by atoms with van der Waals surface area (Å²) < 4.78 is 13.6. The molecule has 2 aromatic heterocycles. The van der Waals surface area contributed by atoms with E-state index in [4.69, 9.17) is 8.83 Å². The highest BCUT2D eigenvalue weighted by molar-refractivity contribution is 7.00. The zero-order chi connectivity index (χ0) is 43.7. The van der Waals surface area contributed by atoms with E-state index in [0.717, 1.165) is 100 Å². The van der Waals surface area contributed by atoms with Crippen LogP contribution < -0.4 is 26.2 Å². The average Bonchev–Trinajstić information content (AvgIpc) is 3.95. The summed E-state index contributed by atoms with van der Waals surface area (Å²) in [5, 5.41) is 9.15. The fourth-order valence-corrected chi connectivity index (χ4v) is 11.5. The van der Waals surface area contributed by atoms with Gasteiger partial charge in [-0.05, 0) is 62.6 Å². The molecule has 4 nitrogen and oxygen atoms in total. The average molecular weight is 853 g/mol. The minimum Gasteiger partial charge on any atom is -0.456 e. The van der Waals surface area contributed by atoms with Crippen LogP contribution in [0.1, 0.15) is 0 Å². The van der Waals surface area contributed by atoms with Gasteiger partial charge in [-0.2, -0.15) is 0 Å². The topological polar surface area (TPSA) is 32.8 Å². The molecular formula is C62H37BN2O2. The van der Waals surface area contributed by atoms with E-state index in [-0.39, 0.29) is 6.71 Å². The van der Waals surface area contributed by atoms with E-state index in [1.807, 2.05) is 0 Å². The Morgan fingerprint density at radius 2 is 0.716 bits per heavy atom. The van der Waals surface area contributed by atoms with Gasteiger partial charge in [-0.15, -0.1) is 0 Å². The molecule has 310 valence electrons. The van der Waals surface area contributed by atoms with Gasteiger partial charge in [-0.25, -0.2) is 0 Å². The predicted octanol–water partition coefficient (Wildman–Crippen LogP) is 15.2. The van der Waals surface area contributed by atoms with Crippen molar-refractivity contribution >= 4 is 123 Å². The first kappa shape index (κ1) is 36.5. The van der Waals surface area contributed by atoms with E-state index >= 15 is 0 Å². The number of furan rings is 2. The Labute approximate surface area is 386 Å². The van der Waals surface area contributed by atoms with Gasteiger partial charge in [-0.3, -0.25) is 0 Å². The number of para-hydroxylation sites is 2. The monoisotopic (exact) mass is 852 g/mol. The molecule has 2 aliphatic rings. The van der Waals surface area contributed by atoms with Crippen molar-refractivity contribution in [1.29, 1.82) is 0 Å². The third-order valence-electron chi connectivity index (χ3n) is 14.4. The molecule has 11 aromatic carbocycles. The first-order valence-electron chi connectivity index (χ1n) is 23.0. The molecule has 67 heavy (non-hydrogen) atoms. The highest BCUT2D eigenvalue weighted by Crippen LogP contribution is 2.52. The van der Waals surface area contributed by atoms with Gasteiger partial charge in [0, 0.05) is 78.3 Å². The molecule has 4 heterocycles. The zero-order valence-electron chi connectivity index (χ0n) is 36.2. The molecule has 5 heteroatoms. The summed E-state index contributed by atoms with van der Waals surface area (Å²) >= 11 is 0. The lowest BCUT2D eigenvalue weighted by atomic mass is 9.33. The number of benzene rings is 11. The van der Waals surface area contributed by atoms with Gasteiger partial charge in [-0.1, -0.05) is 188 Å². The van der Waals surface area contributed by atoms with E-state index < -0.39 is 0 Å². The first-order valence-corrected chi connectivity index (χ1v) is 23.0. The maximum absolute atomic E-state index is 6.79. The Hall–Kier alpha value is -8.80. The fraction of sp³-hybridized carbons (Fsp3) is 0. The summed E-state index contributed by atoms with van der Waals surface area (Å²) in [5.74, 6) is 0. The van der Waals surface area contributed by atoms with E-state index in [9.17, 15) is 0 Å². The van der Waals surface area contributed by atoms with Crippen LogP contribution in [-0.4, -0.2) is 6.71 Å². The lowest BCUT2D eigenvalue weighted by Crippen LogP contribution is -2.61. The van der Waals surface area contributed by atoms with Crippen LogP contribution in [0.25, 0.3) is 87.7 Å². The van der Waals surface area contributed by atoms with E-state index in [0.29, 0.717) is 0 Å². The standard InChI is InChI=1S/C62H37BN2O2/c1-3-16-38(17-4-1)44-32-30-40-20-7-9-22-42(40)61(44)64-52-26-15-27-53-60(52)63(50-34-48-46-24-11-13-28-56(46)66-58(48)36-54(50)64)51-35-49-47-25-12-14-29-57(47)67-59(49)37-55(51)65(53)62-43-23-10-8-21-41(43)31-33-45(62)39-18-5-2-6-19-39/h1-37H. The number of nitrogens with zero attached hydrogens (tertiary/aromatic N) is 2. The van der Waals surface area contributed by atoms with Gasteiger partial charge in [0.25, 0.3) is 6.71 Å². The molecule has 0 aliphatic carbocycles. The Bertz CT molecular complexity index is 3930. The van der Waals surface area contributed by atoms with Crippen molar-refractivity contribution in [2.75, 3.05) is 9.80 Å². The summed E-state index contributed by atoms with van der Waals surface area (Å²) in [6.07, 6.45) is 0. The Morgan fingerprint density at radius 1 is 0.299 bits per heavy atom. The molecule has 0 saturated carbocycles. The molecule has 13 aromatic rings. The van der Waals surface area contributed by atoms with Crippen LogP contribution in [0.5, 0.6) is 0 Å². The summed E-state index contributed by atoms with van der Waals surface area (Å²) in [4.78, 5) is 5.11. The van der Waals surface area contributed by atoms with Gasteiger partial charge in [0.1, 0.15) is 22.3 Å². The maximum Gasteiger partial charge on any atom is 0.252 e. The first-order chi connectivity index (χ1) is 33.2. The normalized spacial score (nSPS) is 13.0. The van der Waals surface area contributed by atoms with Crippen LogP contribution in [0, 0.1) is 0 Å². The van der Waals surface area contributed by atoms with E-state index in [2.05, 4.69) is 234 Å². The second kappa shape index (κ2) is 13.9. The Kier molecular flexibility index (Phi) is 7.55. The summed E-state index contributed by atoms with van der Waals surface area (Å²) in [6.45, 7) is -0.148. The molecule has 0 unspecified atom stereocenters. The molecule has 0 N–H and O–H groups in total. The van der Waals surface area contributed by atoms with E-state index in [1.54, 1.807) is 0 Å². The molecule has 0 atom stereocenters. The van der Waals surface area contributed by atoms with Crippen LogP contribution in [0.3, 0.4) is 0 Å². The molecule has 0 radical (unpaired) electrons. The minimum absolute atomic E-state index is 0.148. The minimum atomic E-state index is -0.148. The van der Waals surface area contributed by atoms with Crippen molar-refractivity contribution in [3.05, 3.63) is 224 Å². The molecule has 0 fully saturated rings. The number of hydrogen-bond acceptors (Lipinski definition) is 4. The third-order valence-corrected chi connectivity index (χ3v) is 14.4. The van der Waals surface area contributed by atoms with E-state index in [1.165, 1.54) is 37.9 Å². The molecule has 0 spiro atoms. The van der Waals surface area contributed by atoms with Crippen molar-refractivity contribution < 1.29 is 8.83 Å². The maximum atomic E-state index is 6.79. The van der Waals surface area contributed by atoms with Gasteiger partial charge in [0.15, 0.2) is 0 Å². The largest absolute Gasteiger partial charge is 0.456 e. The van der Waals surface area contributed by atoms with Gasteiger partial charge in [0.2, 0.25) is 0 Å². The molecule has 2 aliphatic heterocycles. The second-order valence-corrected chi connectivity index (χ2v) is 17.9. The van der Waals surface area contributed by atoms with Crippen LogP contribution in [0.2, 0.25) is 0 Å². The van der Waals surface area contributed by atoms with Gasteiger partial charge < -0.3 is 18.6 Å². The van der Waals surface area contributed by atoms with Crippen molar-refractivity contribution in [3.63, 3.8) is 0 Å². The fourth-order valence-electron chi connectivity index (χ4n) is 11.5. The lowest BCUT2D eigenvalue weighted by molar-refractivity contribution is 0.668. The summed E-state index contributed by atoms with van der Waals surface area (Å²) in [7, 11) is 0. The van der Waals surface area contributed by atoms with Crippen molar-refractivity contribution in [2.45, 2.75) is 0 Å². The van der Waals surface area contributed by atoms with Crippen LogP contribution >= 0.6 is 0 Å². The Balaban J connectivity index is 1.13. The van der Waals surface area contributed by atoms with Crippen molar-refractivity contribution in [1.82, 2.24) is 0 Å².